The van der Waals surface area contributed by atoms with Gasteiger partial charge in [-0.25, -0.2) is 24.4 Å². The number of hydrogen-bond donors (Lipinski definition) is 2. The van der Waals surface area contributed by atoms with Crippen molar-refractivity contribution >= 4 is 74.1 Å². The van der Waals surface area contributed by atoms with Crippen molar-refractivity contribution in [3.05, 3.63) is 135 Å². The Morgan fingerprint density at radius 3 is 1.67 bits per heavy atom. The summed E-state index contributed by atoms with van der Waals surface area (Å²) in [7, 11) is 0. The highest BCUT2D eigenvalue weighted by Gasteiger charge is 2.29. The molecule has 1 heterocycles. The van der Waals surface area contributed by atoms with E-state index in [2.05, 4.69) is 48.6 Å². The number of benzene rings is 4. The van der Waals surface area contributed by atoms with Crippen molar-refractivity contribution in [1.82, 2.24) is 4.98 Å². The molecule has 18 heteroatoms. The van der Waals surface area contributed by atoms with Gasteiger partial charge in [-0.1, -0.05) is 49.6 Å². The molecule has 1 aromatic heterocycles. The van der Waals surface area contributed by atoms with Gasteiger partial charge in [0.05, 0.1) is 62.0 Å². The van der Waals surface area contributed by atoms with Crippen LogP contribution in [0.2, 0.25) is 0 Å². The van der Waals surface area contributed by atoms with Gasteiger partial charge in [0, 0.05) is 54.2 Å². The lowest BCUT2D eigenvalue weighted by atomic mass is 9.81. The SMILES string of the molecule is C=CC(=O)OCCCCCCOc1ccc(NC(=O)C2CCC(CNc3ccc(OCC4CCC(C(=O)Oc5ccc(OCCCCCCOC(=O)C=C)cc5)CC4)c(/C=N/N(CCCCCCOC(=O)C=C)c4nc5ccccc5s4)c3)CC2)cc1. The lowest BCUT2D eigenvalue weighted by Crippen LogP contribution is -2.29. The van der Waals surface area contributed by atoms with E-state index in [9.17, 15) is 24.0 Å². The Morgan fingerprint density at radius 2 is 1.08 bits per heavy atom. The number of carbonyl (C=O) groups is 5. The summed E-state index contributed by atoms with van der Waals surface area (Å²) in [6, 6.07) is 29.0. The average Bonchev–Trinajstić information content (AvgIpc) is 3.36. The summed E-state index contributed by atoms with van der Waals surface area (Å²) in [6.45, 7) is 14.5. The molecule has 0 bridgehead atoms. The molecule has 0 radical (unpaired) electrons. The number of unbranched alkanes of at least 4 members (excludes halogenated alkanes) is 9. The first kappa shape index (κ1) is 66.5. The summed E-state index contributed by atoms with van der Waals surface area (Å²) in [6.07, 6.45) is 22.6. The second-order valence-electron chi connectivity index (χ2n) is 22.2. The standard InChI is InChI=1S/C69H87N5O12S/c1-4-64(75)82-44-18-8-7-15-41-74(69-73-61-21-13-14-22-63(61)87-69)71-49-55-47-57(70-48-51-23-27-53(28-24-51)67(78)72-56-31-34-58(35-32-56)80-42-16-9-11-19-45-83-65(76)5-2)33-40-62(55)85-50-52-25-29-54(30-26-52)68(79)86-60-38-36-59(37-39-60)81-43-17-10-12-20-46-84-66(77)6-3/h4-6,13-14,21-22,31-40,47,49,51-54,70H,1-3,7-12,15-20,23-30,41-46,48,50H2,(H,72,78)/b71-49+. The van der Waals surface area contributed by atoms with Gasteiger partial charge in [-0.05, 0) is 213 Å². The highest BCUT2D eigenvalue weighted by molar-refractivity contribution is 7.22. The third-order valence-corrected chi connectivity index (χ3v) is 16.6. The van der Waals surface area contributed by atoms with Crippen molar-refractivity contribution in [2.45, 2.75) is 128 Å². The monoisotopic (exact) mass is 1210 g/mol. The Hall–Kier alpha value is -7.99. The molecule has 0 atom stereocenters. The number of aromatic nitrogens is 1. The first-order chi connectivity index (χ1) is 42.5. The quantitative estimate of drug-likeness (QED) is 0.00715. The lowest BCUT2D eigenvalue weighted by Gasteiger charge is -2.28. The number of amides is 1. The van der Waals surface area contributed by atoms with Crippen molar-refractivity contribution in [1.29, 1.82) is 0 Å². The number of para-hydroxylation sites is 1. The van der Waals surface area contributed by atoms with Gasteiger partial charge >= 0.3 is 23.9 Å². The molecule has 2 saturated carbocycles. The molecule has 2 fully saturated rings. The number of hydrogen-bond acceptors (Lipinski definition) is 17. The number of hydrazone groups is 1. The van der Waals surface area contributed by atoms with Crippen molar-refractivity contribution in [2.24, 2.45) is 28.8 Å². The number of anilines is 3. The van der Waals surface area contributed by atoms with Crippen molar-refractivity contribution in [3.8, 4) is 23.0 Å². The molecular weight excluding hydrogens is 1120 g/mol. The zero-order valence-electron chi connectivity index (χ0n) is 50.3. The van der Waals surface area contributed by atoms with Gasteiger partial charge in [0.15, 0.2) is 0 Å². The molecule has 2 N–H and O–H groups in total. The van der Waals surface area contributed by atoms with Crippen LogP contribution in [0.5, 0.6) is 23.0 Å². The number of nitrogens with one attached hydrogen (secondary N) is 2. The number of nitrogens with zero attached hydrogens (tertiary/aromatic N) is 3. The lowest BCUT2D eigenvalue weighted by molar-refractivity contribution is -0.140. The summed E-state index contributed by atoms with van der Waals surface area (Å²) in [5, 5.41) is 14.7. The molecule has 0 saturated heterocycles. The van der Waals surface area contributed by atoms with Crippen molar-refractivity contribution in [2.75, 3.05) is 68.4 Å². The van der Waals surface area contributed by atoms with Crippen LogP contribution >= 0.6 is 11.3 Å². The smallest absolute Gasteiger partial charge is 0.330 e. The van der Waals surface area contributed by atoms with Gasteiger partial charge in [-0.3, -0.25) is 9.59 Å². The molecule has 7 rings (SSSR count). The van der Waals surface area contributed by atoms with E-state index in [4.69, 9.17) is 43.2 Å². The highest BCUT2D eigenvalue weighted by atomic mass is 32.1. The topological polar surface area (TPSA) is 203 Å². The molecule has 0 unspecified atom stereocenters. The van der Waals surface area contributed by atoms with Gasteiger partial charge in [0.1, 0.15) is 23.0 Å². The van der Waals surface area contributed by atoms with Crippen LogP contribution in [0.4, 0.5) is 16.5 Å². The maximum absolute atomic E-state index is 13.4. The van der Waals surface area contributed by atoms with Crippen molar-refractivity contribution < 1.29 is 57.1 Å². The largest absolute Gasteiger partial charge is 0.494 e. The molecule has 4 aromatic carbocycles. The van der Waals surface area contributed by atoms with Gasteiger partial charge in [0.2, 0.25) is 11.0 Å². The fourth-order valence-electron chi connectivity index (χ4n) is 10.4. The Morgan fingerprint density at radius 1 is 0.563 bits per heavy atom. The number of thiazole rings is 1. The third kappa shape index (κ3) is 24.0. The molecular formula is C69H87N5O12S. The molecule has 17 nitrogen and oxygen atoms in total. The second kappa shape index (κ2) is 37.5. The van der Waals surface area contributed by atoms with E-state index in [1.807, 2.05) is 71.9 Å². The summed E-state index contributed by atoms with van der Waals surface area (Å²) in [5.41, 5.74) is 3.43. The fourth-order valence-corrected chi connectivity index (χ4v) is 11.4. The maximum atomic E-state index is 13.4. The first-order valence-electron chi connectivity index (χ1n) is 31.1. The van der Waals surface area contributed by atoms with E-state index in [1.54, 1.807) is 23.5 Å². The number of rotatable bonds is 39. The summed E-state index contributed by atoms with van der Waals surface area (Å²) >= 11 is 1.60. The molecule has 5 aromatic rings. The summed E-state index contributed by atoms with van der Waals surface area (Å²) in [5.74, 6) is 1.68. The van der Waals surface area contributed by atoms with E-state index >= 15 is 0 Å². The Kier molecular flexibility index (Phi) is 28.7. The number of esters is 4. The molecule has 87 heavy (non-hydrogen) atoms. The average molecular weight is 1210 g/mol. The van der Waals surface area contributed by atoms with Gasteiger partial charge in [-0.2, -0.15) is 5.10 Å². The Labute approximate surface area is 516 Å². The maximum Gasteiger partial charge on any atom is 0.330 e. The zero-order valence-corrected chi connectivity index (χ0v) is 51.2. The predicted octanol–water partition coefficient (Wildman–Crippen LogP) is 14.4. The van der Waals surface area contributed by atoms with Gasteiger partial charge in [0.25, 0.3) is 0 Å². The minimum atomic E-state index is -0.410. The molecule has 0 aliphatic heterocycles. The Bertz CT molecular complexity index is 2950. The molecule has 1 amide bonds. The predicted molar refractivity (Wildman–Crippen MR) is 343 cm³/mol. The van der Waals surface area contributed by atoms with Crippen LogP contribution in [-0.4, -0.2) is 93.7 Å². The number of fused-ring (bicyclic) bond motifs is 1. The van der Waals surface area contributed by atoms with E-state index in [1.165, 1.54) is 18.2 Å². The van der Waals surface area contributed by atoms with Crippen molar-refractivity contribution in [3.63, 3.8) is 0 Å². The fraction of sp³-hybridized carbons (Fsp3) is 0.464. The van der Waals surface area contributed by atoms with Crippen LogP contribution in [0.1, 0.15) is 134 Å². The first-order valence-corrected chi connectivity index (χ1v) is 31.9. The zero-order chi connectivity index (χ0) is 61.3. The van der Waals surface area contributed by atoms with Crippen LogP contribution in [0, 0.1) is 23.7 Å². The molecule has 466 valence electrons. The number of ether oxygens (including phenoxy) is 7. The van der Waals surface area contributed by atoms with E-state index < -0.39 is 17.9 Å². The van der Waals surface area contributed by atoms with E-state index in [0.717, 1.165) is 160 Å². The van der Waals surface area contributed by atoms with E-state index in [-0.39, 0.29) is 29.6 Å². The van der Waals surface area contributed by atoms with E-state index in [0.29, 0.717) is 82.2 Å². The highest BCUT2D eigenvalue weighted by Crippen LogP contribution is 2.35. The van der Waals surface area contributed by atoms with Crippen LogP contribution in [0.3, 0.4) is 0 Å². The molecule has 2 aliphatic carbocycles. The number of carbonyl (C=O) groups excluding carboxylic acids is 5. The van der Waals surface area contributed by atoms with Crippen LogP contribution in [0.15, 0.2) is 134 Å². The third-order valence-electron chi connectivity index (χ3n) is 15.6. The summed E-state index contributed by atoms with van der Waals surface area (Å²) in [4.78, 5) is 65.7. The normalized spacial score (nSPS) is 16.5. The minimum absolute atomic E-state index is 0.0446. The van der Waals surface area contributed by atoms with Gasteiger partial charge in [-0.15, -0.1) is 0 Å². The molecule has 2 aliphatic rings. The minimum Gasteiger partial charge on any atom is -0.494 e. The van der Waals surface area contributed by atoms with Crippen LogP contribution in [-0.2, 0) is 38.2 Å². The molecule has 0 spiro atoms. The Balaban J connectivity index is 0.901. The van der Waals surface area contributed by atoms with Gasteiger partial charge < -0.3 is 43.8 Å². The van der Waals surface area contributed by atoms with Crippen LogP contribution < -0.4 is 34.6 Å². The second-order valence-corrected chi connectivity index (χ2v) is 23.2. The van der Waals surface area contributed by atoms with Crippen LogP contribution in [0.25, 0.3) is 10.2 Å². The summed E-state index contributed by atoms with van der Waals surface area (Å²) < 4.78 is 40.6.